The predicted octanol–water partition coefficient (Wildman–Crippen LogP) is 3.19. The number of guanidine groups is 1. The third-order valence-corrected chi connectivity index (χ3v) is 3.98. The highest BCUT2D eigenvalue weighted by molar-refractivity contribution is 14.0. The van der Waals surface area contributed by atoms with Crippen molar-refractivity contribution in [2.75, 3.05) is 26.7 Å². The molecule has 1 amide bonds. The fourth-order valence-electron chi connectivity index (χ4n) is 2.21. The Kier molecular flexibility index (Phi) is 11.0. The molecule has 26 heavy (non-hydrogen) atoms. The van der Waals surface area contributed by atoms with Gasteiger partial charge in [-0.05, 0) is 36.8 Å². The zero-order chi connectivity index (χ0) is 17.9. The summed E-state index contributed by atoms with van der Waals surface area (Å²) in [4.78, 5) is 16.2. The summed E-state index contributed by atoms with van der Waals surface area (Å²) < 4.78 is 6.18. The van der Waals surface area contributed by atoms with Gasteiger partial charge in [0, 0.05) is 43.1 Å². The van der Waals surface area contributed by atoms with Crippen LogP contribution in [0.25, 0.3) is 0 Å². The second kappa shape index (κ2) is 12.7. The predicted molar refractivity (Wildman–Crippen MR) is 118 cm³/mol. The molecule has 142 valence electrons. The Hall–Kier alpha value is -1.55. The normalized spacial score (nSPS) is 10.8. The Labute approximate surface area is 179 Å². The molecule has 1 heterocycles. The maximum Gasteiger partial charge on any atom is 0.251 e. The molecule has 1 aromatic heterocycles. The Morgan fingerprint density at radius 3 is 2.58 bits per heavy atom. The molecular formula is C18H24BrIN4O2. The van der Waals surface area contributed by atoms with Crippen LogP contribution in [0.1, 0.15) is 22.5 Å². The summed E-state index contributed by atoms with van der Waals surface area (Å²) in [5, 5.41) is 9.35. The van der Waals surface area contributed by atoms with Crippen LogP contribution in [0.5, 0.6) is 0 Å². The van der Waals surface area contributed by atoms with E-state index >= 15 is 0 Å². The first-order valence-corrected chi connectivity index (χ1v) is 8.99. The minimum Gasteiger partial charge on any atom is -0.469 e. The molecular weight excluding hydrogens is 511 g/mol. The van der Waals surface area contributed by atoms with Crippen molar-refractivity contribution in [3.05, 3.63) is 58.5 Å². The molecule has 1 aromatic carbocycles. The largest absolute Gasteiger partial charge is 0.469 e. The van der Waals surface area contributed by atoms with Crippen molar-refractivity contribution in [1.82, 2.24) is 16.0 Å². The van der Waals surface area contributed by atoms with E-state index < -0.39 is 0 Å². The fraction of sp³-hybridized carbons (Fsp3) is 0.333. The van der Waals surface area contributed by atoms with E-state index in [-0.39, 0.29) is 29.9 Å². The summed E-state index contributed by atoms with van der Waals surface area (Å²) in [6, 6.07) is 11.2. The van der Waals surface area contributed by atoms with Gasteiger partial charge in [-0.25, -0.2) is 0 Å². The third-order valence-electron chi connectivity index (χ3n) is 3.49. The van der Waals surface area contributed by atoms with Crippen LogP contribution < -0.4 is 16.0 Å². The number of nitrogens with one attached hydrogen (secondary N) is 3. The highest BCUT2D eigenvalue weighted by Crippen LogP contribution is 2.11. The van der Waals surface area contributed by atoms with E-state index in [1.165, 1.54) is 0 Å². The molecule has 0 fully saturated rings. The molecule has 0 bridgehead atoms. The molecule has 0 radical (unpaired) electrons. The van der Waals surface area contributed by atoms with E-state index in [1.807, 2.05) is 24.3 Å². The van der Waals surface area contributed by atoms with Crippen LogP contribution in [0.15, 0.2) is 56.5 Å². The molecule has 2 aromatic rings. The molecule has 0 unspecified atom stereocenters. The third kappa shape index (κ3) is 8.22. The molecule has 0 spiro atoms. The van der Waals surface area contributed by atoms with Gasteiger partial charge >= 0.3 is 0 Å². The lowest BCUT2D eigenvalue weighted by Gasteiger charge is -2.11. The maximum absolute atomic E-state index is 12.0. The fourth-order valence-corrected chi connectivity index (χ4v) is 2.61. The second-order valence-electron chi connectivity index (χ2n) is 5.37. The SMILES string of the molecule is CN=C(NCCCNC(=O)c1cccc(Br)c1)NCCc1ccco1.I. The van der Waals surface area contributed by atoms with E-state index in [9.17, 15) is 4.79 Å². The highest BCUT2D eigenvalue weighted by Gasteiger charge is 2.05. The Balaban J connectivity index is 0.00000338. The van der Waals surface area contributed by atoms with E-state index in [4.69, 9.17) is 4.42 Å². The highest BCUT2D eigenvalue weighted by atomic mass is 127. The summed E-state index contributed by atoms with van der Waals surface area (Å²) in [5.74, 6) is 1.62. The van der Waals surface area contributed by atoms with Gasteiger partial charge in [-0.2, -0.15) is 0 Å². The van der Waals surface area contributed by atoms with Crippen LogP contribution in [0, 0.1) is 0 Å². The molecule has 0 saturated heterocycles. The molecule has 2 rings (SSSR count). The standard InChI is InChI=1S/C18H23BrN4O2.HI/c1-20-18(23-11-8-16-7-3-12-25-16)22-10-4-9-21-17(24)14-5-2-6-15(19)13-14;/h2-3,5-7,12-13H,4,8-11H2,1H3,(H,21,24)(H2,20,22,23);1H. The number of halogens is 2. The molecule has 0 aliphatic carbocycles. The number of benzene rings is 1. The van der Waals surface area contributed by atoms with Crippen LogP contribution >= 0.6 is 39.9 Å². The van der Waals surface area contributed by atoms with Crippen LogP contribution in [0.3, 0.4) is 0 Å². The van der Waals surface area contributed by atoms with Crippen molar-refractivity contribution in [2.45, 2.75) is 12.8 Å². The second-order valence-corrected chi connectivity index (χ2v) is 6.29. The number of nitrogens with zero attached hydrogens (tertiary/aromatic N) is 1. The van der Waals surface area contributed by atoms with Crippen molar-refractivity contribution in [3.8, 4) is 0 Å². The number of hydrogen-bond acceptors (Lipinski definition) is 3. The molecule has 0 aliphatic heterocycles. The van der Waals surface area contributed by atoms with Crippen molar-refractivity contribution < 1.29 is 9.21 Å². The first-order valence-electron chi connectivity index (χ1n) is 8.19. The monoisotopic (exact) mass is 534 g/mol. The van der Waals surface area contributed by atoms with Crippen LogP contribution in [-0.2, 0) is 6.42 Å². The number of carbonyl (C=O) groups is 1. The Morgan fingerprint density at radius 2 is 1.88 bits per heavy atom. The van der Waals surface area contributed by atoms with Gasteiger partial charge in [0.2, 0.25) is 0 Å². The van der Waals surface area contributed by atoms with Gasteiger partial charge in [0.05, 0.1) is 6.26 Å². The van der Waals surface area contributed by atoms with Crippen LogP contribution in [0.4, 0.5) is 0 Å². The Bertz CT molecular complexity index is 692. The molecule has 6 nitrogen and oxygen atoms in total. The number of aliphatic imine (C=N–C) groups is 1. The number of rotatable bonds is 8. The van der Waals surface area contributed by atoms with Gasteiger partial charge in [0.15, 0.2) is 5.96 Å². The summed E-state index contributed by atoms with van der Waals surface area (Å²) in [5.41, 5.74) is 0.651. The summed E-state index contributed by atoms with van der Waals surface area (Å²) in [6.45, 7) is 2.06. The number of carbonyl (C=O) groups excluding carboxylic acids is 1. The average Bonchev–Trinajstić information content (AvgIpc) is 3.13. The van der Waals surface area contributed by atoms with Gasteiger partial charge in [-0.1, -0.05) is 22.0 Å². The van der Waals surface area contributed by atoms with E-state index in [2.05, 4.69) is 36.9 Å². The van der Waals surface area contributed by atoms with Crippen molar-refractivity contribution >= 4 is 51.8 Å². The van der Waals surface area contributed by atoms with Gasteiger partial charge in [0.1, 0.15) is 5.76 Å². The first-order chi connectivity index (χ1) is 12.2. The van der Waals surface area contributed by atoms with E-state index in [0.29, 0.717) is 12.1 Å². The zero-order valence-corrected chi connectivity index (χ0v) is 18.5. The van der Waals surface area contributed by atoms with Crippen molar-refractivity contribution in [1.29, 1.82) is 0 Å². The topological polar surface area (TPSA) is 78.7 Å². The molecule has 0 atom stereocenters. The van der Waals surface area contributed by atoms with Gasteiger partial charge in [-0.3, -0.25) is 9.79 Å². The molecule has 0 aliphatic rings. The van der Waals surface area contributed by atoms with Crippen LogP contribution in [-0.4, -0.2) is 38.5 Å². The van der Waals surface area contributed by atoms with E-state index in [0.717, 1.165) is 42.1 Å². The maximum atomic E-state index is 12.0. The average molecular weight is 535 g/mol. The summed E-state index contributed by atoms with van der Waals surface area (Å²) >= 11 is 3.36. The zero-order valence-electron chi connectivity index (χ0n) is 14.6. The summed E-state index contributed by atoms with van der Waals surface area (Å²) in [7, 11) is 1.73. The van der Waals surface area contributed by atoms with Gasteiger partial charge in [-0.15, -0.1) is 24.0 Å². The summed E-state index contributed by atoms with van der Waals surface area (Å²) in [6.07, 6.45) is 3.28. The quantitative estimate of drug-likeness (QED) is 0.210. The van der Waals surface area contributed by atoms with Gasteiger partial charge in [0.25, 0.3) is 5.91 Å². The molecule has 0 saturated carbocycles. The Morgan fingerprint density at radius 1 is 1.12 bits per heavy atom. The smallest absolute Gasteiger partial charge is 0.251 e. The lowest BCUT2D eigenvalue weighted by atomic mass is 10.2. The van der Waals surface area contributed by atoms with E-state index in [1.54, 1.807) is 25.4 Å². The molecule has 8 heteroatoms. The lowest BCUT2D eigenvalue weighted by molar-refractivity contribution is 0.0953. The van der Waals surface area contributed by atoms with Crippen LogP contribution in [0.2, 0.25) is 0 Å². The number of furan rings is 1. The van der Waals surface area contributed by atoms with Crippen molar-refractivity contribution in [2.24, 2.45) is 4.99 Å². The molecule has 3 N–H and O–H groups in total. The minimum atomic E-state index is -0.0674. The number of hydrogen-bond donors (Lipinski definition) is 3. The van der Waals surface area contributed by atoms with Crippen molar-refractivity contribution in [3.63, 3.8) is 0 Å². The minimum absolute atomic E-state index is 0. The first kappa shape index (κ1) is 22.5. The van der Waals surface area contributed by atoms with Gasteiger partial charge < -0.3 is 20.4 Å². The lowest BCUT2D eigenvalue weighted by Crippen LogP contribution is -2.39. The number of amides is 1.